The number of tetrazole rings is 1. The summed E-state index contributed by atoms with van der Waals surface area (Å²) >= 11 is 1.29. The Balaban J connectivity index is 1.40. The first kappa shape index (κ1) is 20.8. The Morgan fingerprint density at radius 1 is 1.03 bits per heavy atom. The number of amides is 1. The fourth-order valence-corrected chi connectivity index (χ4v) is 3.79. The SMILES string of the molecule is Cc1ccc(Cn2nccc2NC(=O)CSc2nnnn2-c2cc(C)ccc2C)cc1. The standard InChI is InChI=1S/C22H23N7OS/c1-15-5-8-18(9-6-15)13-28-20(10-11-23-28)24-21(30)14-31-22-25-26-27-29(22)19-12-16(2)4-7-17(19)3/h4-12H,13-14H2,1-3H3,(H,24,30). The van der Waals surface area contributed by atoms with E-state index in [0.717, 1.165) is 22.4 Å². The summed E-state index contributed by atoms with van der Waals surface area (Å²) in [7, 11) is 0. The van der Waals surface area contributed by atoms with Gasteiger partial charge in [0.25, 0.3) is 0 Å². The second kappa shape index (κ2) is 9.13. The Bertz CT molecular complexity index is 1200. The Labute approximate surface area is 184 Å². The maximum absolute atomic E-state index is 12.6. The van der Waals surface area contributed by atoms with Crippen LogP contribution in [0.1, 0.15) is 22.3 Å². The first-order valence-electron chi connectivity index (χ1n) is 9.85. The number of carbonyl (C=O) groups excluding carboxylic acids is 1. The zero-order valence-electron chi connectivity index (χ0n) is 17.6. The molecule has 1 N–H and O–H groups in total. The topological polar surface area (TPSA) is 90.5 Å². The van der Waals surface area contributed by atoms with Crippen LogP contribution < -0.4 is 5.32 Å². The van der Waals surface area contributed by atoms with E-state index in [4.69, 9.17) is 0 Å². The molecule has 2 aromatic carbocycles. The number of anilines is 1. The number of nitrogens with one attached hydrogen (secondary N) is 1. The van der Waals surface area contributed by atoms with Gasteiger partial charge in [0.05, 0.1) is 24.2 Å². The highest BCUT2D eigenvalue weighted by Gasteiger charge is 2.14. The molecule has 31 heavy (non-hydrogen) atoms. The van der Waals surface area contributed by atoms with E-state index >= 15 is 0 Å². The molecule has 1 amide bonds. The first-order chi connectivity index (χ1) is 15.0. The lowest BCUT2D eigenvalue weighted by Crippen LogP contribution is -2.18. The number of rotatable bonds is 7. The van der Waals surface area contributed by atoms with Crippen molar-refractivity contribution < 1.29 is 4.79 Å². The molecule has 2 heterocycles. The molecule has 0 aliphatic heterocycles. The van der Waals surface area contributed by atoms with E-state index in [1.807, 2.05) is 32.0 Å². The van der Waals surface area contributed by atoms with E-state index in [1.165, 1.54) is 17.3 Å². The molecule has 0 saturated heterocycles. The predicted octanol–water partition coefficient (Wildman–Crippen LogP) is 3.56. The smallest absolute Gasteiger partial charge is 0.235 e. The summed E-state index contributed by atoms with van der Waals surface area (Å²) in [4.78, 5) is 12.6. The van der Waals surface area contributed by atoms with Gasteiger partial charge >= 0.3 is 0 Å². The lowest BCUT2D eigenvalue weighted by Gasteiger charge is -2.10. The highest BCUT2D eigenvalue weighted by Crippen LogP contribution is 2.22. The Morgan fingerprint density at radius 3 is 2.61 bits per heavy atom. The minimum Gasteiger partial charge on any atom is -0.310 e. The summed E-state index contributed by atoms with van der Waals surface area (Å²) in [5.41, 5.74) is 5.41. The van der Waals surface area contributed by atoms with E-state index in [2.05, 4.69) is 57.1 Å². The van der Waals surface area contributed by atoms with E-state index in [-0.39, 0.29) is 11.7 Å². The van der Waals surface area contributed by atoms with Gasteiger partial charge in [-0.25, -0.2) is 4.68 Å². The van der Waals surface area contributed by atoms with Crippen LogP contribution in [0.4, 0.5) is 5.82 Å². The second-order valence-electron chi connectivity index (χ2n) is 7.36. The van der Waals surface area contributed by atoms with Gasteiger partial charge in [0.15, 0.2) is 0 Å². The molecule has 0 spiro atoms. The summed E-state index contributed by atoms with van der Waals surface area (Å²) in [6, 6.07) is 16.1. The predicted molar refractivity (Wildman–Crippen MR) is 120 cm³/mol. The number of hydrogen-bond donors (Lipinski definition) is 1. The van der Waals surface area contributed by atoms with Crippen molar-refractivity contribution in [1.82, 2.24) is 30.0 Å². The average molecular weight is 434 g/mol. The monoisotopic (exact) mass is 433 g/mol. The lowest BCUT2D eigenvalue weighted by molar-refractivity contribution is -0.113. The van der Waals surface area contributed by atoms with Crippen LogP contribution in [0.5, 0.6) is 0 Å². The number of hydrogen-bond acceptors (Lipinski definition) is 6. The zero-order valence-corrected chi connectivity index (χ0v) is 18.4. The van der Waals surface area contributed by atoms with Gasteiger partial charge < -0.3 is 5.32 Å². The molecule has 0 atom stereocenters. The van der Waals surface area contributed by atoms with Crippen molar-refractivity contribution in [2.75, 3.05) is 11.1 Å². The summed E-state index contributed by atoms with van der Waals surface area (Å²) in [6.07, 6.45) is 1.68. The summed E-state index contributed by atoms with van der Waals surface area (Å²) in [5, 5.41) is 19.8. The third kappa shape index (κ3) is 5.00. The van der Waals surface area contributed by atoms with Crippen LogP contribution >= 0.6 is 11.8 Å². The van der Waals surface area contributed by atoms with Gasteiger partial charge in [-0.05, 0) is 54.0 Å². The van der Waals surface area contributed by atoms with Gasteiger partial charge in [-0.1, -0.05) is 53.7 Å². The molecular formula is C22H23N7OS. The van der Waals surface area contributed by atoms with Gasteiger partial charge in [-0.2, -0.15) is 9.78 Å². The molecule has 4 rings (SSSR count). The number of benzene rings is 2. The van der Waals surface area contributed by atoms with Crippen LogP contribution in [0.2, 0.25) is 0 Å². The van der Waals surface area contributed by atoms with Crippen LogP contribution in [0, 0.1) is 20.8 Å². The van der Waals surface area contributed by atoms with Gasteiger partial charge in [-0.15, -0.1) is 5.10 Å². The molecule has 158 valence electrons. The Kier molecular flexibility index (Phi) is 6.13. The summed E-state index contributed by atoms with van der Waals surface area (Å²) < 4.78 is 3.44. The molecule has 0 aliphatic rings. The fourth-order valence-electron chi connectivity index (χ4n) is 3.11. The van der Waals surface area contributed by atoms with Crippen LogP contribution in [0.25, 0.3) is 5.69 Å². The Hall–Kier alpha value is -3.46. The highest BCUT2D eigenvalue weighted by molar-refractivity contribution is 7.99. The molecule has 0 aliphatic carbocycles. The second-order valence-corrected chi connectivity index (χ2v) is 8.30. The van der Waals surface area contributed by atoms with E-state index in [1.54, 1.807) is 21.6 Å². The molecule has 8 nitrogen and oxygen atoms in total. The lowest BCUT2D eigenvalue weighted by atomic mass is 10.1. The number of thioether (sulfide) groups is 1. The normalized spacial score (nSPS) is 10.9. The molecule has 0 fully saturated rings. The summed E-state index contributed by atoms with van der Waals surface area (Å²) in [6.45, 7) is 6.67. The largest absolute Gasteiger partial charge is 0.310 e. The van der Waals surface area contributed by atoms with Crippen molar-refractivity contribution in [2.24, 2.45) is 0 Å². The van der Waals surface area contributed by atoms with E-state index in [0.29, 0.717) is 17.5 Å². The molecular weight excluding hydrogens is 410 g/mol. The van der Waals surface area contributed by atoms with Crippen LogP contribution in [0.3, 0.4) is 0 Å². The van der Waals surface area contributed by atoms with Crippen molar-refractivity contribution in [3.05, 3.63) is 77.0 Å². The van der Waals surface area contributed by atoms with E-state index < -0.39 is 0 Å². The fraction of sp³-hybridized carbons (Fsp3) is 0.227. The maximum Gasteiger partial charge on any atom is 0.235 e. The quantitative estimate of drug-likeness (QED) is 0.448. The molecule has 0 saturated carbocycles. The number of carbonyl (C=O) groups is 1. The molecule has 0 unspecified atom stereocenters. The van der Waals surface area contributed by atoms with Gasteiger partial charge in [0, 0.05) is 6.07 Å². The third-order valence-corrected chi connectivity index (χ3v) is 5.72. The molecule has 2 aromatic heterocycles. The van der Waals surface area contributed by atoms with Crippen molar-refractivity contribution in [1.29, 1.82) is 0 Å². The molecule has 9 heteroatoms. The molecule has 0 bridgehead atoms. The minimum absolute atomic E-state index is 0.147. The van der Waals surface area contributed by atoms with Crippen molar-refractivity contribution >= 4 is 23.5 Å². The zero-order chi connectivity index (χ0) is 21.8. The van der Waals surface area contributed by atoms with Gasteiger partial charge in [0.2, 0.25) is 11.1 Å². The first-order valence-corrected chi connectivity index (χ1v) is 10.8. The van der Waals surface area contributed by atoms with Gasteiger partial charge in [-0.3, -0.25) is 4.79 Å². The Morgan fingerprint density at radius 2 is 1.81 bits per heavy atom. The van der Waals surface area contributed by atoms with Gasteiger partial charge in [0.1, 0.15) is 5.82 Å². The number of aromatic nitrogens is 6. The van der Waals surface area contributed by atoms with Crippen LogP contribution in [0.15, 0.2) is 59.9 Å². The third-order valence-electron chi connectivity index (χ3n) is 4.80. The van der Waals surface area contributed by atoms with Crippen LogP contribution in [-0.2, 0) is 11.3 Å². The number of aryl methyl sites for hydroxylation is 3. The van der Waals surface area contributed by atoms with Crippen molar-refractivity contribution in [3.8, 4) is 5.69 Å². The van der Waals surface area contributed by atoms with Crippen molar-refractivity contribution in [2.45, 2.75) is 32.5 Å². The average Bonchev–Trinajstić information content (AvgIpc) is 3.39. The molecule has 0 radical (unpaired) electrons. The highest BCUT2D eigenvalue weighted by atomic mass is 32.2. The minimum atomic E-state index is -0.147. The maximum atomic E-state index is 12.6. The van der Waals surface area contributed by atoms with Crippen LogP contribution in [-0.4, -0.2) is 41.6 Å². The number of nitrogens with zero attached hydrogens (tertiary/aromatic N) is 6. The van der Waals surface area contributed by atoms with Crippen molar-refractivity contribution in [3.63, 3.8) is 0 Å². The molecule has 4 aromatic rings. The summed E-state index contributed by atoms with van der Waals surface area (Å²) in [5.74, 6) is 0.687. The van der Waals surface area contributed by atoms with E-state index in [9.17, 15) is 4.79 Å².